The minimum atomic E-state index is 0.715. The van der Waals surface area contributed by atoms with Crippen molar-refractivity contribution in [1.82, 2.24) is 19.7 Å². The molecule has 0 aromatic carbocycles. The Hall–Kier alpha value is -1.18. The van der Waals surface area contributed by atoms with Crippen molar-refractivity contribution in [2.45, 2.75) is 20.4 Å². The SMILES string of the molecule is CCn1cc(-c2nc(C)c(I)c(NC)n2)cn1. The molecular weight excluding hydrogens is 329 g/mol. The van der Waals surface area contributed by atoms with Crippen LogP contribution in [0.3, 0.4) is 0 Å². The number of hydrogen-bond donors (Lipinski definition) is 1. The van der Waals surface area contributed by atoms with E-state index in [4.69, 9.17) is 0 Å². The Morgan fingerprint density at radius 1 is 1.41 bits per heavy atom. The monoisotopic (exact) mass is 343 g/mol. The third kappa shape index (κ3) is 2.41. The molecule has 5 nitrogen and oxygen atoms in total. The molecule has 0 saturated heterocycles. The van der Waals surface area contributed by atoms with Gasteiger partial charge in [0.15, 0.2) is 5.82 Å². The van der Waals surface area contributed by atoms with E-state index in [9.17, 15) is 0 Å². The van der Waals surface area contributed by atoms with Gasteiger partial charge in [-0.1, -0.05) is 0 Å². The first kappa shape index (κ1) is 12.3. The molecule has 17 heavy (non-hydrogen) atoms. The molecule has 2 heterocycles. The predicted molar refractivity (Wildman–Crippen MR) is 75.9 cm³/mol. The highest BCUT2D eigenvalue weighted by Gasteiger charge is 2.10. The molecule has 0 aliphatic heterocycles. The first-order valence-electron chi connectivity index (χ1n) is 5.40. The summed E-state index contributed by atoms with van der Waals surface area (Å²) in [5.74, 6) is 1.57. The molecule has 0 unspecified atom stereocenters. The number of aromatic nitrogens is 4. The van der Waals surface area contributed by atoms with E-state index in [1.54, 1.807) is 6.20 Å². The van der Waals surface area contributed by atoms with Gasteiger partial charge in [-0.05, 0) is 36.4 Å². The lowest BCUT2D eigenvalue weighted by atomic mass is 10.3. The van der Waals surface area contributed by atoms with Gasteiger partial charge in [-0.15, -0.1) is 0 Å². The summed E-state index contributed by atoms with van der Waals surface area (Å²) in [6, 6.07) is 0. The van der Waals surface area contributed by atoms with Crippen molar-refractivity contribution in [2.75, 3.05) is 12.4 Å². The summed E-state index contributed by atoms with van der Waals surface area (Å²) in [4.78, 5) is 8.97. The van der Waals surface area contributed by atoms with E-state index in [1.807, 2.05) is 24.9 Å². The van der Waals surface area contributed by atoms with Crippen molar-refractivity contribution < 1.29 is 0 Å². The summed E-state index contributed by atoms with van der Waals surface area (Å²) < 4.78 is 2.92. The van der Waals surface area contributed by atoms with Gasteiger partial charge in [-0.25, -0.2) is 9.97 Å². The average Bonchev–Trinajstić information content (AvgIpc) is 2.81. The molecule has 0 bridgehead atoms. The maximum Gasteiger partial charge on any atom is 0.165 e. The fourth-order valence-corrected chi connectivity index (χ4v) is 2.02. The zero-order valence-electron chi connectivity index (χ0n) is 10.0. The molecule has 0 amide bonds. The molecule has 0 aliphatic rings. The summed E-state index contributed by atoms with van der Waals surface area (Å²) in [5.41, 5.74) is 1.92. The Kier molecular flexibility index (Phi) is 3.60. The number of aryl methyl sites for hydroxylation is 2. The highest BCUT2D eigenvalue weighted by Crippen LogP contribution is 2.22. The van der Waals surface area contributed by atoms with Crippen molar-refractivity contribution in [2.24, 2.45) is 0 Å². The van der Waals surface area contributed by atoms with Crippen LogP contribution in [0.2, 0.25) is 0 Å². The van der Waals surface area contributed by atoms with Crippen LogP contribution in [-0.4, -0.2) is 26.8 Å². The Balaban J connectivity index is 2.48. The smallest absolute Gasteiger partial charge is 0.165 e. The lowest BCUT2D eigenvalue weighted by Gasteiger charge is -2.07. The number of anilines is 1. The first-order valence-corrected chi connectivity index (χ1v) is 6.48. The molecule has 90 valence electrons. The summed E-state index contributed by atoms with van der Waals surface area (Å²) in [7, 11) is 1.86. The van der Waals surface area contributed by atoms with Gasteiger partial charge in [0, 0.05) is 19.8 Å². The molecular formula is C11H14IN5. The van der Waals surface area contributed by atoms with Crippen LogP contribution in [0, 0.1) is 10.5 Å². The second kappa shape index (κ2) is 4.99. The minimum absolute atomic E-state index is 0.715. The fraction of sp³-hybridized carbons (Fsp3) is 0.364. The Morgan fingerprint density at radius 2 is 2.18 bits per heavy atom. The van der Waals surface area contributed by atoms with Crippen molar-refractivity contribution in [3.05, 3.63) is 21.7 Å². The van der Waals surface area contributed by atoms with E-state index < -0.39 is 0 Å². The second-order valence-electron chi connectivity index (χ2n) is 3.63. The highest BCUT2D eigenvalue weighted by molar-refractivity contribution is 14.1. The van der Waals surface area contributed by atoms with Crippen LogP contribution in [0.4, 0.5) is 5.82 Å². The molecule has 0 radical (unpaired) electrons. The van der Waals surface area contributed by atoms with E-state index in [0.717, 1.165) is 27.2 Å². The number of rotatable bonds is 3. The van der Waals surface area contributed by atoms with Gasteiger partial charge in [0.1, 0.15) is 5.82 Å². The Labute approximate surface area is 114 Å². The third-order valence-corrected chi connectivity index (χ3v) is 3.76. The van der Waals surface area contributed by atoms with Gasteiger partial charge < -0.3 is 5.32 Å². The standard InChI is InChI=1S/C11H14IN5/c1-4-17-6-8(5-14-17)10-15-7(2)9(12)11(13-3)16-10/h5-6H,4H2,1-3H3,(H,13,15,16). The van der Waals surface area contributed by atoms with Gasteiger partial charge in [0.25, 0.3) is 0 Å². The Bertz CT molecular complexity index is 535. The van der Waals surface area contributed by atoms with E-state index >= 15 is 0 Å². The van der Waals surface area contributed by atoms with Crippen LogP contribution < -0.4 is 5.32 Å². The van der Waals surface area contributed by atoms with Gasteiger partial charge in [-0.2, -0.15) is 5.10 Å². The van der Waals surface area contributed by atoms with Crippen molar-refractivity contribution in [3.63, 3.8) is 0 Å². The zero-order chi connectivity index (χ0) is 12.4. The molecule has 2 aromatic rings. The normalized spacial score (nSPS) is 10.6. The lowest BCUT2D eigenvalue weighted by Crippen LogP contribution is -2.02. The van der Waals surface area contributed by atoms with E-state index in [1.165, 1.54) is 0 Å². The number of halogens is 1. The molecule has 0 spiro atoms. The maximum atomic E-state index is 4.49. The first-order chi connectivity index (χ1) is 8.15. The molecule has 1 N–H and O–H groups in total. The molecule has 0 aliphatic carbocycles. The van der Waals surface area contributed by atoms with Crippen LogP contribution in [0.25, 0.3) is 11.4 Å². The van der Waals surface area contributed by atoms with Crippen molar-refractivity contribution in [3.8, 4) is 11.4 Å². The molecule has 2 aromatic heterocycles. The van der Waals surface area contributed by atoms with Gasteiger partial charge in [0.05, 0.1) is 21.0 Å². The van der Waals surface area contributed by atoms with Gasteiger partial charge in [0.2, 0.25) is 0 Å². The van der Waals surface area contributed by atoms with Crippen molar-refractivity contribution >= 4 is 28.4 Å². The second-order valence-corrected chi connectivity index (χ2v) is 4.71. The maximum absolute atomic E-state index is 4.49. The summed E-state index contributed by atoms with van der Waals surface area (Å²) in [5, 5.41) is 7.31. The predicted octanol–water partition coefficient (Wildman–Crippen LogP) is 2.31. The zero-order valence-corrected chi connectivity index (χ0v) is 12.2. The molecule has 0 fully saturated rings. The topological polar surface area (TPSA) is 55.6 Å². The lowest BCUT2D eigenvalue weighted by molar-refractivity contribution is 0.660. The largest absolute Gasteiger partial charge is 0.372 e. The van der Waals surface area contributed by atoms with Crippen LogP contribution in [0.15, 0.2) is 12.4 Å². The number of nitrogens with one attached hydrogen (secondary N) is 1. The van der Waals surface area contributed by atoms with Crippen LogP contribution >= 0.6 is 22.6 Å². The van der Waals surface area contributed by atoms with E-state index in [0.29, 0.717) is 5.82 Å². The van der Waals surface area contributed by atoms with Crippen LogP contribution in [0.1, 0.15) is 12.6 Å². The summed E-state index contributed by atoms with van der Waals surface area (Å²) in [6.45, 7) is 4.89. The molecule has 0 atom stereocenters. The van der Waals surface area contributed by atoms with Crippen LogP contribution in [0.5, 0.6) is 0 Å². The summed E-state index contributed by atoms with van der Waals surface area (Å²) >= 11 is 2.25. The van der Waals surface area contributed by atoms with Crippen LogP contribution in [-0.2, 0) is 6.54 Å². The highest BCUT2D eigenvalue weighted by atomic mass is 127. The van der Waals surface area contributed by atoms with E-state index in [2.05, 4.69) is 49.9 Å². The quantitative estimate of drug-likeness (QED) is 0.869. The van der Waals surface area contributed by atoms with Gasteiger partial charge in [-0.3, -0.25) is 4.68 Å². The minimum Gasteiger partial charge on any atom is -0.372 e. The Morgan fingerprint density at radius 3 is 2.76 bits per heavy atom. The third-order valence-electron chi connectivity index (χ3n) is 2.47. The molecule has 2 rings (SSSR count). The number of nitrogens with zero attached hydrogens (tertiary/aromatic N) is 4. The van der Waals surface area contributed by atoms with Crippen molar-refractivity contribution in [1.29, 1.82) is 0 Å². The number of hydrogen-bond acceptors (Lipinski definition) is 4. The van der Waals surface area contributed by atoms with Gasteiger partial charge >= 0.3 is 0 Å². The summed E-state index contributed by atoms with van der Waals surface area (Å²) in [6.07, 6.45) is 3.76. The fourth-order valence-electron chi connectivity index (χ4n) is 1.51. The molecule has 0 saturated carbocycles. The van der Waals surface area contributed by atoms with E-state index in [-0.39, 0.29) is 0 Å². The average molecular weight is 343 g/mol. The molecule has 6 heteroatoms.